The third-order valence-corrected chi connectivity index (χ3v) is 7.06. The second-order valence-electron chi connectivity index (χ2n) is 9.69. The van der Waals surface area contributed by atoms with E-state index in [4.69, 9.17) is 9.72 Å². The van der Waals surface area contributed by atoms with Gasteiger partial charge in [-0.1, -0.05) is 6.58 Å². The topological polar surface area (TPSA) is 108 Å². The molecule has 0 unspecified atom stereocenters. The fourth-order valence-electron chi connectivity index (χ4n) is 5.02. The summed E-state index contributed by atoms with van der Waals surface area (Å²) in [5.41, 5.74) is 4.94. The van der Waals surface area contributed by atoms with Crippen LogP contribution in [0.25, 0.3) is 46.3 Å². The molecule has 0 radical (unpaired) electrons. The monoisotopic (exact) mass is 536 g/mol. The lowest BCUT2D eigenvalue weighted by Gasteiger charge is -2.15. The summed E-state index contributed by atoms with van der Waals surface area (Å²) in [5, 5.41) is 8.82. The molecule has 4 aromatic heterocycles. The van der Waals surface area contributed by atoms with Gasteiger partial charge in [-0.05, 0) is 61.8 Å². The second-order valence-corrected chi connectivity index (χ2v) is 9.69. The minimum atomic E-state index is -0.380. The minimum absolute atomic E-state index is 0.380. The van der Waals surface area contributed by atoms with E-state index in [0.29, 0.717) is 51.4 Å². The number of aromatic nitrogens is 6. The number of nitrogens with zero attached hydrogens (tertiary/aromatic N) is 6. The Kier molecular flexibility index (Phi) is 7.15. The molecular weight excluding hydrogens is 507 g/mol. The van der Waals surface area contributed by atoms with Gasteiger partial charge >= 0.3 is 0 Å². The number of pyridine rings is 2. The molecule has 1 fully saturated rings. The van der Waals surface area contributed by atoms with Crippen molar-refractivity contribution in [2.24, 2.45) is 4.99 Å². The van der Waals surface area contributed by atoms with Gasteiger partial charge in [-0.15, -0.1) is 0 Å². The predicted octanol–water partition coefficient (Wildman–Crippen LogP) is 3.33. The van der Waals surface area contributed by atoms with Crippen LogP contribution < -0.4 is 15.3 Å². The van der Waals surface area contributed by atoms with E-state index in [-0.39, 0.29) is 5.82 Å². The quantitative estimate of drug-likeness (QED) is 0.295. The van der Waals surface area contributed by atoms with E-state index < -0.39 is 0 Å². The van der Waals surface area contributed by atoms with Gasteiger partial charge in [0.1, 0.15) is 23.9 Å². The summed E-state index contributed by atoms with van der Waals surface area (Å²) < 4.78 is 20.6. The molecule has 10 heteroatoms. The number of hydrogen-bond acceptors (Lipinski definition) is 7. The second kappa shape index (κ2) is 11.2. The van der Waals surface area contributed by atoms with Crippen molar-refractivity contribution in [1.82, 2.24) is 35.0 Å². The van der Waals surface area contributed by atoms with Crippen LogP contribution >= 0.6 is 0 Å². The first kappa shape index (κ1) is 25.6. The molecule has 1 aliphatic rings. The van der Waals surface area contributed by atoms with E-state index in [1.807, 2.05) is 24.3 Å². The maximum Gasteiger partial charge on any atom is 0.159 e. The van der Waals surface area contributed by atoms with Crippen LogP contribution in [0, 0.1) is 5.82 Å². The minimum Gasteiger partial charge on any atom is -0.492 e. The van der Waals surface area contributed by atoms with Crippen molar-refractivity contribution in [1.29, 1.82) is 0 Å². The molecule has 5 aromatic rings. The van der Waals surface area contributed by atoms with Gasteiger partial charge in [0.05, 0.1) is 28.3 Å². The number of imidazole rings is 1. The Balaban J connectivity index is 1.35. The first-order chi connectivity index (χ1) is 19.6. The first-order valence-electron chi connectivity index (χ1n) is 13.2. The lowest BCUT2D eigenvalue weighted by atomic mass is 10.1. The Morgan fingerprint density at radius 3 is 2.77 bits per heavy atom. The lowest BCUT2D eigenvalue weighted by molar-refractivity contribution is 0.237. The van der Waals surface area contributed by atoms with Crippen LogP contribution in [0.3, 0.4) is 0 Å². The number of nitrogens with one attached hydrogen (secondary N) is 2. The summed E-state index contributed by atoms with van der Waals surface area (Å²) in [6.07, 6.45) is 11.2. The molecule has 9 nitrogen and oxygen atoms in total. The Labute approximate surface area is 230 Å². The zero-order chi connectivity index (χ0) is 27.5. The molecule has 0 atom stereocenters. The number of rotatable bonds is 8. The molecule has 1 saturated heterocycles. The average Bonchev–Trinajstić information content (AvgIpc) is 3.72. The van der Waals surface area contributed by atoms with Gasteiger partial charge in [0.15, 0.2) is 5.82 Å². The van der Waals surface area contributed by atoms with Crippen LogP contribution in [0.15, 0.2) is 60.1 Å². The fourth-order valence-corrected chi connectivity index (χ4v) is 5.02. The van der Waals surface area contributed by atoms with Gasteiger partial charge in [-0.3, -0.25) is 25.0 Å². The third-order valence-electron chi connectivity index (χ3n) is 7.06. The van der Waals surface area contributed by atoms with Gasteiger partial charge in [0, 0.05) is 54.6 Å². The van der Waals surface area contributed by atoms with Crippen molar-refractivity contribution < 1.29 is 9.13 Å². The normalized spacial score (nSPS) is 14.8. The number of H-pyrrole nitrogens is 2. The fraction of sp³-hybridized carbons (Fsp3) is 0.233. The number of likely N-dealkylation sites (tertiary alicyclic amines) is 1. The van der Waals surface area contributed by atoms with Crippen molar-refractivity contribution in [2.75, 3.05) is 33.3 Å². The van der Waals surface area contributed by atoms with Gasteiger partial charge in [-0.25, -0.2) is 9.37 Å². The molecule has 0 aliphatic carbocycles. The number of hydrogen-bond donors (Lipinski definition) is 2. The van der Waals surface area contributed by atoms with Crippen molar-refractivity contribution in [3.63, 3.8) is 0 Å². The summed E-state index contributed by atoms with van der Waals surface area (Å²) in [6, 6.07) is 8.50. The predicted molar refractivity (Wildman–Crippen MR) is 154 cm³/mol. The highest BCUT2D eigenvalue weighted by molar-refractivity contribution is 6.21. The Bertz CT molecular complexity index is 1790. The smallest absolute Gasteiger partial charge is 0.159 e. The molecule has 0 bridgehead atoms. The zero-order valence-corrected chi connectivity index (χ0v) is 22.2. The molecule has 1 aliphatic heterocycles. The molecular formula is C30H29FN8O. The van der Waals surface area contributed by atoms with Gasteiger partial charge < -0.3 is 9.72 Å². The molecule has 2 N–H and O–H groups in total. The van der Waals surface area contributed by atoms with Crippen LogP contribution in [-0.4, -0.2) is 74.0 Å². The molecule has 0 spiro atoms. The average molecular weight is 537 g/mol. The number of fused-ring (bicyclic) bond motifs is 1. The van der Waals surface area contributed by atoms with Gasteiger partial charge in [-0.2, -0.15) is 5.10 Å². The van der Waals surface area contributed by atoms with Crippen molar-refractivity contribution in [2.45, 2.75) is 12.8 Å². The molecule has 40 heavy (non-hydrogen) atoms. The van der Waals surface area contributed by atoms with Crippen LogP contribution in [-0.2, 0) is 0 Å². The Morgan fingerprint density at radius 1 is 1.15 bits per heavy atom. The number of benzene rings is 1. The third kappa shape index (κ3) is 5.26. The highest BCUT2D eigenvalue weighted by Gasteiger charge is 2.16. The van der Waals surface area contributed by atoms with Crippen LogP contribution in [0.2, 0.25) is 0 Å². The first-order valence-corrected chi connectivity index (χ1v) is 13.2. The molecule has 6 rings (SSSR count). The standard InChI is InChI=1S/C30H29FN8O/c1-19-24(16-26(32-2)20-5-7-33-8-6-20)29(38-37-19)30-35-27-18-34-17-25(28(27)36-30)21-13-22(31)15-23(14-21)40-12-11-39-9-3-4-10-39/h5-8,13-18,37H,1,3-4,9-12H2,2H3,(H,35,36)/b24-16+,32-26?. The van der Waals surface area contributed by atoms with E-state index in [1.54, 1.807) is 31.8 Å². The highest BCUT2D eigenvalue weighted by Crippen LogP contribution is 2.31. The summed E-state index contributed by atoms with van der Waals surface area (Å²) in [5.74, 6) is 0.635. The summed E-state index contributed by atoms with van der Waals surface area (Å²) >= 11 is 0. The Hall–Kier alpha value is -4.70. The highest BCUT2D eigenvalue weighted by atomic mass is 19.1. The maximum atomic E-state index is 14.7. The summed E-state index contributed by atoms with van der Waals surface area (Å²) in [4.78, 5) is 23.5. The maximum absolute atomic E-state index is 14.7. The van der Waals surface area contributed by atoms with E-state index in [2.05, 4.69) is 41.6 Å². The largest absolute Gasteiger partial charge is 0.492 e. The zero-order valence-electron chi connectivity index (χ0n) is 22.2. The van der Waals surface area contributed by atoms with E-state index in [0.717, 1.165) is 36.1 Å². The van der Waals surface area contributed by atoms with Crippen LogP contribution in [0.1, 0.15) is 18.4 Å². The number of ether oxygens (including phenoxy) is 1. The Morgan fingerprint density at radius 2 is 1.98 bits per heavy atom. The van der Waals surface area contributed by atoms with Gasteiger partial charge in [0.25, 0.3) is 0 Å². The number of aliphatic imine (C=N–C) groups is 1. The molecule has 0 amide bonds. The molecule has 5 heterocycles. The molecule has 1 aromatic carbocycles. The lowest BCUT2D eigenvalue weighted by Crippen LogP contribution is -2.25. The van der Waals surface area contributed by atoms with Crippen molar-refractivity contribution >= 4 is 29.4 Å². The number of halogens is 1. The summed E-state index contributed by atoms with van der Waals surface area (Å²) in [6.45, 7) is 7.62. The van der Waals surface area contributed by atoms with E-state index in [1.165, 1.54) is 25.0 Å². The SMILES string of the molecule is C=c1[nH]nc(-c2nc3c(-c4cc(F)cc(OCCN5CCCC5)c4)cncc3[nH]2)/c1=C/C(=NC)c1ccncc1. The van der Waals surface area contributed by atoms with Crippen LogP contribution in [0.4, 0.5) is 4.39 Å². The molecule has 0 saturated carbocycles. The summed E-state index contributed by atoms with van der Waals surface area (Å²) in [7, 11) is 1.73. The van der Waals surface area contributed by atoms with Crippen LogP contribution in [0.5, 0.6) is 5.75 Å². The van der Waals surface area contributed by atoms with Gasteiger partial charge in [0.2, 0.25) is 0 Å². The number of aromatic amines is 2. The van der Waals surface area contributed by atoms with E-state index >= 15 is 0 Å². The van der Waals surface area contributed by atoms with Crippen molar-refractivity contribution in [3.05, 3.63) is 77.1 Å². The van der Waals surface area contributed by atoms with E-state index in [9.17, 15) is 4.39 Å². The van der Waals surface area contributed by atoms with Crippen molar-refractivity contribution in [3.8, 4) is 28.4 Å². The molecule has 202 valence electrons.